The van der Waals surface area contributed by atoms with Crippen molar-refractivity contribution in [3.05, 3.63) is 81.7 Å². The normalized spacial score (nSPS) is 18.1. The highest BCUT2D eigenvalue weighted by Gasteiger charge is 2.36. The Bertz CT molecular complexity index is 1140. The highest BCUT2D eigenvalue weighted by molar-refractivity contribution is 6.04. The van der Waals surface area contributed by atoms with Crippen LogP contribution < -0.4 is 0 Å². The Morgan fingerprint density at radius 2 is 1.86 bits per heavy atom. The van der Waals surface area contributed by atoms with Gasteiger partial charge in [-0.2, -0.15) is 0 Å². The van der Waals surface area contributed by atoms with Gasteiger partial charge < -0.3 is 9.47 Å². The molecule has 0 spiro atoms. The van der Waals surface area contributed by atoms with Gasteiger partial charge in [0.1, 0.15) is 0 Å². The number of benzene rings is 2. The van der Waals surface area contributed by atoms with Crippen LogP contribution in [0.4, 0.5) is 5.69 Å². The van der Waals surface area contributed by atoms with E-state index in [9.17, 15) is 14.9 Å². The number of nitro groups is 1. The fourth-order valence-corrected chi connectivity index (χ4v) is 4.51. The van der Waals surface area contributed by atoms with Gasteiger partial charge in [-0.3, -0.25) is 14.9 Å². The first kappa shape index (κ1) is 17.7. The monoisotopic (exact) mass is 387 g/mol. The molecule has 3 fully saturated rings. The molecule has 6 nitrogen and oxygen atoms in total. The van der Waals surface area contributed by atoms with Crippen LogP contribution in [0.1, 0.15) is 24.0 Å². The Labute approximate surface area is 168 Å². The fraction of sp³-hybridized carbons (Fsp3) is 0.261. The van der Waals surface area contributed by atoms with Crippen LogP contribution in [0.15, 0.2) is 60.4 Å². The quantitative estimate of drug-likeness (QED) is 0.382. The topological polar surface area (TPSA) is 68.4 Å². The lowest BCUT2D eigenvalue weighted by Gasteiger charge is -2.41. The maximum atomic E-state index is 12.8. The summed E-state index contributed by atoms with van der Waals surface area (Å²) in [5, 5.41) is 12.1. The van der Waals surface area contributed by atoms with Gasteiger partial charge in [0, 0.05) is 60.3 Å². The number of carbonyl (C=O) groups is 1. The first-order chi connectivity index (χ1) is 14.1. The summed E-state index contributed by atoms with van der Waals surface area (Å²) in [6.07, 6.45) is 5.79. The molecule has 3 saturated heterocycles. The molecule has 6 heteroatoms. The van der Waals surface area contributed by atoms with E-state index in [2.05, 4.69) is 21.6 Å². The molecule has 146 valence electrons. The Hall–Kier alpha value is -3.41. The number of non-ortho nitro benzene ring substituents is 1. The summed E-state index contributed by atoms with van der Waals surface area (Å²) in [4.78, 5) is 25.9. The molecule has 1 aromatic heterocycles. The van der Waals surface area contributed by atoms with Crippen LogP contribution in [-0.4, -0.2) is 33.3 Å². The van der Waals surface area contributed by atoms with Crippen LogP contribution in [0.3, 0.4) is 0 Å². The molecule has 0 aliphatic carbocycles. The highest BCUT2D eigenvalue weighted by Crippen LogP contribution is 2.34. The van der Waals surface area contributed by atoms with E-state index in [4.69, 9.17) is 0 Å². The molecule has 3 aliphatic rings. The number of carbonyl (C=O) groups excluding carboxylic acids is 1. The summed E-state index contributed by atoms with van der Waals surface area (Å²) in [7, 11) is 0. The molecular formula is C23H21N3O3. The standard InChI is InChI=1S/C23H21N3O3/c27-23-17-8-10-24(11-9-17)22(23)12-18-15-25(14-16-4-2-1-3-5-16)21-7-6-19(26(28)29)13-20(18)21/h1-7,12-13,15,17H,8-11,14H2. The van der Waals surface area contributed by atoms with Crippen LogP contribution >= 0.6 is 0 Å². The van der Waals surface area contributed by atoms with Gasteiger partial charge in [0.05, 0.1) is 10.6 Å². The van der Waals surface area contributed by atoms with Gasteiger partial charge in [-0.25, -0.2) is 0 Å². The second-order valence-electron chi connectivity index (χ2n) is 7.81. The van der Waals surface area contributed by atoms with Crippen molar-refractivity contribution < 1.29 is 9.72 Å². The number of hydrogen-bond donors (Lipinski definition) is 0. The molecule has 0 amide bonds. The molecule has 3 aliphatic heterocycles. The van der Waals surface area contributed by atoms with Gasteiger partial charge in [0.15, 0.2) is 5.78 Å². The third-order valence-electron chi connectivity index (χ3n) is 6.05. The summed E-state index contributed by atoms with van der Waals surface area (Å²) < 4.78 is 2.10. The van der Waals surface area contributed by atoms with E-state index in [0.29, 0.717) is 6.54 Å². The van der Waals surface area contributed by atoms with Crippen LogP contribution in [-0.2, 0) is 11.3 Å². The lowest BCUT2D eigenvalue weighted by Crippen LogP contribution is -2.45. The van der Waals surface area contributed by atoms with Crippen molar-refractivity contribution in [2.45, 2.75) is 19.4 Å². The van der Waals surface area contributed by atoms with E-state index in [-0.39, 0.29) is 22.3 Å². The van der Waals surface area contributed by atoms with Crippen molar-refractivity contribution in [2.75, 3.05) is 13.1 Å². The molecule has 0 saturated carbocycles. The van der Waals surface area contributed by atoms with E-state index >= 15 is 0 Å². The largest absolute Gasteiger partial charge is 0.369 e. The summed E-state index contributed by atoms with van der Waals surface area (Å²) >= 11 is 0. The number of nitrogens with zero attached hydrogens (tertiary/aromatic N) is 3. The minimum Gasteiger partial charge on any atom is -0.369 e. The summed E-state index contributed by atoms with van der Waals surface area (Å²) in [6.45, 7) is 2.48. The first-order valence-electron chi connectivity index (χ1n) is 9.92. The van der Waals surface area contributed by atoms with E-state index in [1.165, 1.54) is 6.07 Å². The maximum Gasteiger partial charge on any atom is 0.270 e. The van der Waals surface area contributed by atoms with Gasteiger partial charge >= 0.3 is 0 Å². The molecule has 29 heavy (non-hydrogen) atoms. The Balaban J connectivity index is 1.63. The van der Waals surface area contributed by atoms with E-state index < -0.39 is 0 Å². The summed E-state index contributed by atoms with van der Waals surface area (Å²) in [6, 6.07) is 15.1. The first-order valence-corrected chi connectivity index (χ1v) is 9.92. The van der Waals surface area contributed by atoms with Crippen LogP contribution in [0.25, 0.3) is 17.0 Å². The van der Waals surface area contributed by atoms with Gasteiger partial charge in [-0.05, 0) is 30.5 Å². The van der Waals surface area contributed by atoms with Gasteiger partial charge in [0.25, 0.3) is 5.69 Å². The number of aromatic nitrogens is 1. The molecule has 0 atom stereocenters. The predicted octanol–water partition coefficient (Wildman–Crippen LogP) is 4.23. The second-order valence-corrected chi connectivity index (χ2v) is 7.81. The van der Waals surface area contributed by atoms with Gasteiger partial charge in [-0.1, -0.05) is 30.3 Å². The Morgan fingerprint density at radius 1 is 1.10 bits per heavy atom. The molecule has 2 bridgehead atoms. The Kier molecular flexibility index (Phi) is 4.19. The minimum absolute atomic E-state index is 0.0615. The molecule has 3 aromatic rings. The van der Waals surface area contributed by atoms with Crippen molar-refractivity contribution in [2.24, 2.45) is 5.92 Å². The lowest BCUT2D eigenvalue weighted by molar-refractivity contribution is -0.384. The zero-order valence-electron chi connectivity index (χ0n) is 16.0. The molecular weight excluding hydrogens is 366 g/mol. The third-order valence-corrected chi connectivity index (χ3v) is 6.05. The van der Waals surface area contributed by atoms with Crippen molar-refractivity contribution in [1.82, 2.24) is 9.47 Å². The van der Waals surface area contributed by atoms with Crippen molar-refractivity contribution in [3.63, 3.8) is 0 Å². The summed E-state index contributed by atoms with van der Waals surface area (Å²) in [5.41, 5.74) is 3.74. The van der Waals surface area contributed by atoms with Gasteiger partial charge in [-0.15, -0.1) is 0 Å². The van der Waals surface area contributed by atoms with Crippen LogP contribution in [0, 0.1) is 16.0 Å². The number of ketones is 1. The van der Waals surface area contributed by atoms with E-state index in [1.807, 2.05) is 30.5 Å². The predicted molar refractivity (Wildman–Crippen MR) is 111 cm³/mol. The molecule has 4 heterocycles. The van der Waals surface area contributed by atoms with E-state index in [1.54, 1.807) is 12.1 Å². The smallest absolute Gasteiger partial charge is 0.270 e. The van der Waals surface area contributed by atoms with Gasteiger partial charge in [0.2, 0.25) is 0 Å². The molecule has 6 rings (SSSR count). The zero-order valence-corrected chi connectivity index (χ0v) is 16.0. The zero-order chi connectivity index (χ0) is 20.0. The lowest BCUT2D eigenvalue weighted by atomic mass is 9.84. The van der Waals surface area contributed by atoms with Crippen molar-refractivity contribution in [1.29, 1.82) is 0 Å². The minimum atomic E-state index is -0.373. The number of fused-ring (bicyclic) bond motifs is 4. The van der Waals surface area contributed by atoms with Crippen molar-refractivity contribution in [3.8, 4) is 0 Å². The number of rotatable bonds is 4. The summed E-state index contributed by atoms with van der Waals surface area (Å²) in [5.74, 6) is 0.329. The molecule has 2 aromatic carbocycles. The average Bonchev–Trinajstić information content (AvgIpc) is 3.08. The molecule has 0 N–H and O–H groups in total. The number of Topliss-reactive ketones (excluding diaryl/α,β-unsaturated/α-hetero) is 1. The third kappa shape index (κ3) is 3.10. The van der Waals surface area contributed by atoms with E-state index in [0.717, 1.165) is 53.7 Å². The van der Waals surface area contributed by atoms with Crippen LogP contribution in [0.2, 0.25) is 0 Å². The highest BCUT2D eigenvalue weighted by atomic mass is 16.6. The number of piperidine rings is 3. The second kappa shape index (κ2) is 6.88. The molecule has 0 unspecified atom stereocenters. The number of nitro benzene ring substituents is 1. The maximum absolute atomic E-state index is 12.8. The fourth-order valence-electron chi connectivity index (χ4n) is 4.51. The van der Waals surface area contributed by atoms with Crippen LogP contribution in [0.5, 0.6) is 0 Å². The number of allylic oxidation sites excluding steroid dienone is 1. The Morgan fingerprint density at radius 3 is 2.55 bits per heavy atom. The SMILES string of the molecule is O=C1C(=Cc2cn(Cc3ccccc3)c3ccc([N+](=O)[O-])cc23)N2CCC1CC2. The number of hydrogen-bond acceptors (Lipinski definition) is 4. The average molecular weight is 387 g/mol. The molecule has 0 radical (unpaired) electrons. The van der Waals surface area contributed by atoms with Crippen molar-refractivity contribution >= 4 is 28.4 Å².